The number of hydrogen-bond donors (Lipinski definition) is 0. The number of fused-ring (bicyclic) bond motifs is 1. The van der Waals surface area contributed by atoms with Crippen molar-refractivity contribution in [2.45, 2.75) is 58.0 Å². The molecule has 0 spiro atoms. The minimum atomic E-state index is 0.263. The van der Waals surface area contributed by atoms with Crippen molar-refractivity contribution in [3.05, 3.63) is 35.4 Å². The second-order valence-corrected chi connectivity index (χ2v) is 7.48. The number of rotatable bonds is 7. The van der Waals surface area contributed by atoms with Crippen LogP contribution in [-0.2, 0) is 24.0 Å². The molecule has 0 aromatic carbocycles. The van der Waals surface area contributed by atoms with Gasteiger partial charge in [0.05, 0.1) is 18.4 Å². The first-order chi connectivity index (χ1) is 13.8. The Labute approximate surface area is 166 Å². The molecule has 2 aromatic rings. The largest absolute Gasteiger partial charge is 0.461 e. The second kappa shape index (κ2) is 9.28. The van der Waals surface area contributed by atoms with E-state index in [-0.39, 0.29) is 6.10 Å². The molecule has 0 bridgehead atoms. The monoisotopic (exact) mass is 383 g/mol. The van der Waals surface area contributed by atoms with Gasteiger partial charge in [-0.1, -0.05) is 6.92 Å². The number of ether oxygens (including phenoxy) is 2. The molecule has 1 saturated heterocycles. The van der Waals surface area contributed by atoms with Gasteiger partial charge in [0.2, 0.25) is 5.95 Å². The van der Waals surface area contributed by atoms with Crippen LogP contribution in [0.4, 0.5) is 5.95 Å². The second-order valence-electron chi connectivity index (χ2n) is 7.48. The van der Waals surface area contributed by atoms with Gasteiger partial charge in [-0.2, -0.15) is 4.98 Å². The Morgan fingerprint density at radius 1 is 1.00 bits per heavy atom. The van der Waals surface area contributed by atoms with E-state index in [0.29, 0.717) is 19.2 Å². The maximum Gasteiger partial charge on any atom is 0.316 e. The van der Waals surface area contributed by atoms with Crippen molar-refractivity contribution in [2.24, 2.45) is 0 Å². The van der Waals surface area contributed by atoms with E-state index >= 15 is 0 Å². The van der Waals surface area contributed by atoms with E-state index in [1.807, 2.05) is 18.6 Å². The Kier molecular flexibility index (Phi) is 6.31. The van der Waals surface area contributed by atoms with Gasteiger partial charge in [0, 0.05) is 31.7 Å². The quantitative estimate of drug-likeness (QED) is 0.681. The van der Waals surface area contributed by atoms with Gasteiger partial charge in [0.1, 0.15) is 6.61 Å². The summed E-state index contributed by atoms with van der Waals surface area (Å²) in [5.41, 5.74) is 3.60. The van der Waals surface area contributed by atoms with Crippen LogP contribution >= 0.6 is 0 Å². The molecule has 1 aliphatic heterocycles. The van der Waals surface area contributed by atoms with Gasteiger partial charge in [-0.05, 0) is 56.1 Å². The topological polar surface area (TPSA) is 73.3 Å². The summed E-state index contributed by atoms with van der Waals surface area (Å²) in [6, 6.07) is 0.478. The number of aromatic nitrogens is 4. The number of aryl methyl sites for hydroxylation is 3. The minimum absolute atomic E-state index is 0.263. The highest BCUT2D eigenvalue weighted by Gasteiger charge is 2.21. The van der Waals surface area contributed by atoms with Gasteiger partial charge in [-0.3, -0.25) is 0 Å². The summed E-state index contributed by atoms with van der Waals surface area (Å²) >= 11 is 0. The highest BCUT2D eigenvalue weighted by atomic mass is 16.5. The first kappa shape index (κ1) is 19.1. The van der Waals surface area contributed by atoms with Crippen LogP contribution in [0.3, 0.4) is 0 Å². The van der Waals surface area contributed by atoms with Crippen molar-refractivity contribution in [3.63, 3.8) is 0 Å². The van der Waals surface area contributed by atoms with Crippen LogP contribution < -0.4 is 9.64 Å². The molecule has 28 heavy (non-hydrogen) atoms. The molecule has 0 saturated carbocycles. The first-order valence-corrected chi connectivity index (χ1v) is 10.5. The molecular weight excluding hydrogens is 354 g/mol. The lowest BCUT2D eigenvalue weighted by molar-refractivity contribution is 0.0186. The van der Waals surface area contributed by atoms with Gasteiger partial charge < -0.3 is 14.4 Å². The Morgan fingerprint density at radius 3 is 2.57 bits per heavy atom. The van der Waals surface area contributed by atoms with Crippen LogP contribution in [0.5, 0.6) is 6.01 Å². The van der Waals surface area contributed by atoms with Crippen molar-refractivity contribution in [1.29, 1.82) is 0 Å². The van der Waals surface area contributed by atoms with Crippen LogP contribution in [0, 0.1) is 0 Å². The molecule has 1 aliphatic carbocycles. The van der Waals surface area contributed by atoms with Crippen molar-refractivity contribution >= 4 is 5.95 Å². The van der Waals surface area contributed by atoms with Crippen LogP contribution in [0.15, 0.2) is 18.6 Å². The van der Waals surface area contributed by atoms with Gasteiger partial charge in [-0.15, -0.1) is 0 Å². The van der Waals surface area contributed by atoms with Crippen LogP contribution in [0.1, 0.15) is 49.4 Å². The average molecular weight is 383 g/mol. The summed E-state index contributed by atoms with van der Waals surface area (Å²) in [6.07, 6.45) is 13.5. The third-order valence-corrected chi connectivity index (χ3v) is 5.53. The van der Waals surface area contributed by atoms with Gasteiger partial charge in [0.25, 0.3) is 0 Å². The maximum absolute atomic E-state index is 5.99. The van der Waals surface area contributed by atoms with Crippen LogP contribution in [-0.4, -0.2) is 52.3 Å². The summed E-state index contributed by atoms with van der Waals surface area (Å²) < 4.78 is 11.7. The predicted molar refractivity (Wildman–Crippen MR) is 107 cm³/mol. The fourth-order valence-corrected chi connectivity index (χ4v) is 3.79. The fraction of sp³-hybridized carbons (Fsp3) is 0.619. The van der Waals surface area contributed by atoms with Gasteiger partial charge in [0.15, 0.2) is 0 Å². The van der Waals surface area contributed by atoms with Gasteiger partial charge in [-0.25, -0.2) is 15.0 Å². The summed E-state index contributed by atoms with van der Waals surface area (Å²) in [5.74, 6) is 0.823. The number of piperidine rings is 1. The normalized spacial score (nSPS) is 17.4. The average Bonchev–Trinajstić information content (AvgIpc) is 2.77. The number of hydrogen-bond acceptors (Lipinski definition) is 7. The van der Waals surface area contributed by atoms with Crippen molar-refractivity contribution < 1.29 is 9.47 Å². The van der Waals surface area contributed by atoms with Crippen molar-refractivity contribution in [1.82, 2.24) is 19.9 Å². The molecule has 0 N–H and O–H groups in total. The Morgan fingerprint density at radius 2 is 1.79 bits per heavy atom. The van der Waals surface area contributed by atoms with E-state index in [1.165, 1.54) is 24.0 Å². The smallest absolute Gasteiger partial charge is 0.316 e. The molecular formula is C21H29N5O2. The van der Waals surface area contributed by atoms with E-state index in [4.69, 9.17) is 9.47 Å². The third kappa shape index (κ3) is 4.76. The highest BCUT2D eigenvalue weighted by Crippen LogP contribution is 2.20. The molecule has 3 heterocycles. The molecule has 0 atom stereocenters. The third-order valence-electron chi connectivity index (χ3n) is 5.53. The zero-order valence-corrected chi connectivity index (χ0v) is 16.6. The molecule has 0 radical (unpaired) electrons. The molecule has 7 heteroatoms. The standard InChI is InChI=1S/C21H29N5O2/c1-2-16-13-22-20(23-14-16)26-9-7-18(8-10-26)27-11-12-28-21-24-15-17-5-3-4-6-19(17)25-21/h13-15,18H,2-12H2,1H3. The van der Waals surface area contributed by atoms with E-state index in [9.17, 15) is 0 Å². The summed E-state index contributed by atoms with van der Waals surface area (Å²) in [4.78, 5) is 20.1. The summed E-state index contributed by atoms with van der Waals surface area (Å²) in [7, 11) is 0. The maximum atomic E-state index is 5.99. The highest BCUT2D eigenvalue weighted by molar-refractivity contribution is 5.30. The molecule has 1 fully saturated rings. The van der Waals surface area contributed by atoms with Gasteiger partial charge >= 0.3 is 6.01 Å². The fourth-order valence-electron chi connectivity index (χ4n) is 3.79. The Balaban J connectivity index is 1.16. The summed E-state index contributed by atoms with van der Waals surface area (Å²) in [5, 5.41) is 0. The number of anilines is 1. The molecule has 4 rings (SSSR count). The molecule has 2 aromatic heterocycles. The van der Waals surface area contributed by atoms with E-state index in [0.717, 1.165) is 56.8 Å². The predicted octanol–water partition coefficient (Wildman–Crippen LogP) is 2.77. The van der Waals surface area contributed by atoms with E-state index < -0.39 is 0 Å². The SMILES string of the molecule is CCc1cnc(N2CCC(OCCOc3ncc4c(n3)CCCC4)CC2)nc1. The lowest BCUT2D eigenvalue weighted by Gasteiger charge is -2.31. The zero-order chi connectivity index (χ0) is 19.2. The van der Waals surface area contributed by atoms with Crippen LogP contribution in [0.25, 0.3) is 0 Å². The minimum Gasteiger partial charge on any atom is -0.461 e. The van der Waals surface area contributed by atoms with Crippen LogP contribution in [0.2, 0.25) is 0 Å². The zero-order valence-electron chi connectivity index (χ0n) is 16.6. The molecule has 0 unspecified atom stereocenters. The first-order valence-electron chi connectivity index (χ1n) is 10.5. The lowest BCUT2D eigenvalue weighted by Crippen LogP contribution is -2.38. The van der Waals surface area contributed by atoms with E-state index in [2.05, 4.69) is 31.8 Å². The van der Waals surface area contributed by atoms with E-state index in [1.54, 1.807) is 0 Å². The molecule has 0 amide bonds. The molecule has 2 aliphatic rings. The number of nitrogens with zero attached hydrogens (tertiary/aromatic N) is 5. The Bertz CT molecular complexity index is 760. The van der Waals surface area contributed by atoms with Crippen molar-refractivity contribution in [3.8, 4) is 6.01 Å². The lowest BCUT2D eigenvalue weighted by atomic mass is 9.98. The summed E-state index contributed by atoms with van der Waals surface area (Å²) in [6.45, 7) is 5.01. The Hall–Kier alpha value is -2.28. The molecule has 7 nitrogen and oxygen atoms in total. The van der Waals surface area contributed by atoms with Crippen molar-refractivity contribution in [2.75, 3.05) is 31.2 Å². The molecule has 150 valence electrons.